The molecule has 208 valence electrons. The van der Waals surface area contributed by atoms with Crippen molar-refractivity contribution < 1.29 is 45.5 Å². The van der Waals surface area contributed by atoms with Gasteiger partial charge in [0.1, 0.15) is 8.47 Å². The maximum absolute atomic E-state index is 13.2. The lowest BCUT2D eigenvalue weighted by Crippen LogP contribution is -2.48. The molecule has 37 heavy (non-hydrogen) atoms. The van der Waals surface area contributed by atoms with Gasteiger partial charge in [0, 0.05) is 20.5 Å². The van der Waals surface area contributed by atoms with Crippen molar-refractivity contribution in [2.45, 2.75) is 64.5 Å². The van der Waals surface area contributed by atoms with Crippen molar-refractivity contribution in [3.8, 4) is 0 Å². The zero-order valence-electron chi connectivity index (χ0n) is 21.3. The number of esters is 2. The molecule has 0 saturated heterocycles. The first-order valence-corrected chi connectivity index (χ1v) is 15.1. The number of primary sulfonamides is 1. The summed E-state index contributed by atoms with van der Waals surface area (Å²) in [6.07, 6.45) is -1.17. The summed E-state index contributed by atoms with van der Waals surface area (Å²) in [6.45, 7) is 6.41. The largest absolute Gasteiger partial charge is 0.451 e. The van der Waals surface area contributed by atoms with Gasteiger partial charge in [-0.2, -0.15) is 0 Å². The number of carbonyl (C=O) groups excluding carboxylic acids is 4. The van der Waals surface area contributed by atoms with E-state index < -0.39 is 73.7 Å². The van der Waals surface area contributed by atoms with Crippen LogP contribution in [0.1, 0.15) is 41.0 Å². The second-order valence-corrected chi connectivity index (χ2v) is 14.1. The number of hydrogen-bond acceptors (Lipinski definition) is 11. The van der Waals surface area contributed by atoms with Gasteiger partial charge in [0.15, 0.2) is 22.0 Å². The molecule has 0 aliphatic carbocycles. The lowest BCUT2D eigenvalue weighted by molar-refractivity contribution is -0.172. The maximum atomic E-state index is 13.2. The van der Waals surface area contributed by atoms with Crippen molar-refractivity contribution in [2.24, 2.45) is 5.14 Å². The van der Waals surface area contributed by atoms with Crippen LogP contribution in [0.3, 0.4) is 0 Å². The molecule has 0 aromatic heterocycles. The summed E-state index contributed by atoms with van der Waals surface area (Å²) in [6, 6.07) is -0.995. The quantitative estimate of drug-likeness (QED) is 0.356. The van der Waals surface area contributed by atoms with Gasteiger partial charge in [-0.15, -0.1) is 0 Å². The number of hydrogen-bond donors (Lipinski definition) is 1. The molecular formula is C21H31N3O10S3. The minimum absolute atomic E-state index is 0.0697. The monoisotopic (exact) mass is 581 g/mol. The topological polar surface area (TPSA) is 188 Å². The Kier molecular flexibility index (Phi) is 9.60. The summed E-state index contributed by atoms with van der Waals surface area (Å²) in [5.41, 5.74) is 0.385. The molecule has 2 aliphatic rings. The van der Waals surface area contributed by atoms with E-state index in [0.717, 1.165) is 11.8 Å². The number of carbonyl (C=O) groups is 4. The molecule has 0 saturated carbocycles. The molecule has 2 aliphatic heterocycles. The van der Waals surface area contributed by atoms with Crippen LogP contribution in [0.5, 0.6) is 0 Å². The van der Waals surface area contributed by atoms with E-state index in [0.29, 0.717) is 17.3 Å². The standard InChI is InChI=1S/C21H31N3O10S3/c1-7-24(16-9-18(37(22,31)32)35-21-15(16)8-11(2)36(21,29)30)17(26)10-23(6)19(27)12(3)34-20(28)13(4)33-14(5)25/h9,11-13,16H,7-8,10H2,1-6H3,(H2,22,31,32)/t11-,12-,13-,16-/m0/s1. The maximum Gasteiger partial charge on any atom is 0.347 e. The van der Waals surface area contributed by atoms with Crippen LogP contribution in [0.4, 0.5) is 0 Å². The molecular weight excluding hydrogens is 550 g/mol. The van der Waals surface area contributed by atoms with Crippen LogP contribution < -0.4 is 5.14 Å². The van der Waals surface area contributed by atoms with Crippen LogP contribution in [0.25, 0.3) is 0 Å². The van der Waals surface area contributed by atoms with E-state index in [1.807, 2.05) is 0 Å². The van der Waals surface area contributed by atoms with E-state index >= 15 is 0 Å². The van der Waals surface area contributed by atoms with Crippen molar-refractivity contribution in [1.82, 2.24) is 9.80 Å². The van der Waals surface area contributed by atoms with Crippen molar-refractivity contribution in [3.63, 3.8) is 0 Å². The average molecular weight is 582 g/mol. The minimum atomic E-state index is -4.26. The van der Waals surface area contributed by atoms with Crippen LogP contribution in [-0.4, -0.2) is 94.0 Å². The number of sulfone groups is 1. The fourth-order valence-electron chi connectivity index (χ4n) is 3.85. The Hall–Kier alpha value is -2.43. The summed E-state index contributed by atoms with van der Waals surface area (Å²) in [5, 5.41) is 4.48. The minimum Gasteiger partial charge on any atom is -0.451 e. The van der Waals surface area contributed by atoms with E-state index in [1.54, 1.807) is 6.92 Å². The number of ether oxygens (including phenoxy) is 2. The van der Waals surface area contributed by atoms with Gasteiger partial charge in [0.05, 0.1) is 17.8 Å². The van der Waals surface area contributed by atoms with Gasteiger partial charge >= 0.3 is 11.9 Å². The van der Waals surface area contributed by atoms with Crippen LogP contribution in [-0.2, 0) is 48.5 Å². The smallest absolute Gasteiger partial charge is 0.347 e. The first-order chi connectivity index (χ1) is 16.9. The normalized spacial score (nSPS) is 22.3. The molecule has 0 bridgehead atoms. The zero-order chi connectivity index (χ0) is 28.5. The van der Waals surface area contributed by atoms with Crippen molar-refractivity contribution >= 4 is 55.4 Å². The first-order valence-electron chi connectivity index (χ1n) is 11.2. The molecule has 2 rings (SSSR count). The Morgan fingerprint density at radius 3 is 2.30 bits per heavy atom. The summed E-state index contributed by atoms with van der Waals surface area (Å²) in [7, 11) is -6.75. The molecule has 16 heteroatoms. The van der Waals surface area contributed by atoms with Gasteiger partial charge in [0.2, 0.25) is 15.9 Å². The van der Waals surface area contributed by atoms with E-state index in [4.69, 9.17) is 14.6 Å². The van der Waals surface area contributed by atoms with Crippen LogP contribution in [0.15, 0.2) is 20.1 Å². The van der Waals surface area contributed by atoms with Gasteiger partial charge in [-0.05, 0) is 45.8 Å². The lowest BCUT2D eigenvalue weighted by atomic mass is 10.0. The highest BCUT2D eigenvalue weighted by molar-refractivity contribution is 8.27. The SMILES string of the molecule is CCN(C(=O)CN(C)C(=O)[C@H](C)OC(=O)[C@H](C)OC(C)=O)[C@H]1C=C(S(N)(=O)=O)SC2=C1C[C@H](C)S2(=O)=O. The van der Waals surface area contributed by atoms with E-state index in [2.05, 4.69) is 0 Å². The Labute approximate surface area is 220 Å². The predicted octanol–water partition coefficient (Wildman–Crippen LogP) is -0.159. The second-order valence-electron chi connectivity index (χ2n) is 8.65. The molecule has 2 heterocycles. The van der Waals surface area contributed by atoms with Crippen molar-refractivity contribution in [2.75, 3.05) is 20.1 Å². The number of sulfonamides is 1. The predicted molar refractivity (Wildman–Crippen MR) is 134 cm³/mol. The fraction of sp³-hybridized carbons (Fsp3) is 0.619. The molecule has 0 spiro atoms. The zero-order valence-corrected chi connectivity index (χ0v) is 23.7. The first kappa shape index (κ1) is 30.8. The number of amides is 2. The molecule has 0 fully saturated rings. The summed E-state index contributed by atoms with van der Waals surface area (Å²) in [5.74, 6) is -2.96. The molecule has 0 radical (unpaired) electrons. The summed E-state index contributed by atoms with van der Waals surface area (Å²) >= 11 is 0.555. The highest BCUT2D eigenvalue weighted by Gasteiger charge is 2.45. The fourth-order valence-corrected chi connectivity index (χ4v) is 8.31. The van der Waals surface area contributed by atoms with Gasteiger partial charge < -0.3 is 19.3 Å². The molecule has 0 aromatic rings. The Morgan fingerprint density at radius 1 is 1.19 bits per heavy atom. The molecule has 0 unspecified atom stereocenters. The third-order valence-electron chi connectivity index (χ3n) is 5.74. The van der Waals surface area contributed by atoms with Gasteiger partial charge in [-0.3, -0.25) is 14.4 Å². The lowest BCUT2D eigenvalue weighted by Gasteiger charge is -2.34. The van der Waals surface area contributed by atoms with Gasteiger partial charge in [-0.25, -0.2) is 26.8 Å². The Morgan fingerprint density at radius 2 is 1.78 bits per heavy atom. The third-order valence-corrected chi connectivity index (χ3v) is 11.1. The molecule has 4 atom stereocenters. The third kappa shape index (κ3) is 6.91. The van der Waals surface area contributed by atoms with Gasteiger partial charge in [-0.1, -0.05) is 11.8 Å². The van der Waals surface area contributed by atoms with E-state index in [1.165, 1.54) is 38.8 Å². The average Bonchev–Trinajstić information content (AvgIpc) is 3.00. The molecule has 2 N–H and O–H groups in total. The van der Waals surface area contributed by atoms with E-state index in [9.17, 15) is 36.0 Å². The number of nitrogens with zero attached hydrogens (tertiary/aromatic N) is 2. The molecule has 2 amide bonds. The number of nitrogens with two attached hydrogens (primary N) is 1. The van der Waals surface area contributed by atoms with Crippen LogP contribution in [0, 0.1) is 0 Å². The Bertz CT molecular complexity index is 1260. The van der Waals surface area contributed by atoms with Gasteiger partial charge in [0.25, 0.3) is 5.91 Å². The number of thioether (sulfide) groups is 1. The Balaban J connectivity index is 2.24. The second kappa shape index (κ2) is 11.5. The van der Waals surface area contributed by atoms with E-state index in [-0.39, 0.29) is 21.4 Å². The number of likely N-dealkylation sites (N-methyl/N-ethyl adjacent to an activating group) is 2. The van der Waals surface area contributed by atoms with Crippen molar-refractivity contribution in [1.29, 1.82) is 0 Å². The molecule has 13 nitrogen and oxygen atoms in total. The highest BCUT2D eigenvalue weighted by atomic mass is 32.3. The number of rotatable bonds is 9. The van der Waals surface area contributed by atoms with Crippen LogP contribution >= 0.6 is 11.8 Å². The van der Waals surface area contributed by atoms with Crippen LogP contribution in [0.2, 0.25) is 0 Å². The summed E-state index contributed by atoms with van der Waals surface area (Å²) in [4.78, 5) is 51.2. The highest BCUT2D eigenvalue weighted by Crippen LogP contribution is 2.48. The summed E-state index contributed by atoms with van der Waals surface area (Å²) < 4.78 is 59.0. The van der Waals surface area contributed by atoms with Crippen molar-refractivity contribution in [3.05, 3.63) is 20.1 Å². The molecule has 0 aromatic carbocycles.